The molecule has 0 aliphatic carbocycles. The van der Waals surface area contributed by atoms with E-state index in [-0.39, 0.29) is 11.4 Å². The Morgan fingerprint density at radius 3 is 2.80 bits per heavy atom. The Balaban J connectivity index is 2.79. The van der Waals surface area contributed by atoms with E-state index in [1.807, 2.05) is 13.8 Å². The first-order chi connectivity index (χ1) is 7.19. The van der Waals surface area contributed by atoms with Crippen LogP contribution < -0.4 is 5.73 Å². The summed E-state index contributed by atoms with van der Waals surface area (Å²) in [5.41, 5.74) is 5.36. The summed E-state index contributed by atoms with van der Waals surface area (Å²) < 4.78 is 0. The van der Waals surface area contributed by atoms with E-state index < -0.39 is 5.91 Å². The van der Waals surface area contributed by atoms with Gasteiger partial charge in [0.25, 0.3) is 5.91 Å². The van der Waals surface area contributed by atoms with Crippen LogP contribution in [0.15, 0.2) is 16.5 Å². The highest BCUT2D eigenvalue weighted by molar-refractivity contribution is 5.96. The van der Waals surface area contributed by atoms with E-state index in [1.165, 1.54) is 6.20 Å². The van der Waals surface area contributed by atoms with Crippen molar-refractivity contribution in [2.24, 2.45) is 16.1 Å². The second-order valence-electron chi connectivity index (χ2n) is 2.82. The molecule has 82 valence electrons. The van der Waals surface area contributed by atoms with Gasteiger partial charge in [-0.3, -0.25) is 14.9 Å². The topological polar surface area (TPSA) is 99.7 Å². The van der Waals surface area contributed by atoms with Crippen LogP contribution in [0.5, 0.6) is 0 Å². The highest BCUT2D eigenvalue weighted by Crippen LogP contribution is 2.14. The van der Waals surface area contributed by atoms with Crippen molar-refractivity contribution in [1.29, 1.82) is 0 Å². The molecule has 0 aliphatic rings. The lowest BCUT2D eigenvalue weighted by Gasteiger charge is -2.10. The summed E-state index contributed by atoms with van der Waals surface area (Å²) in [6.45, 7) is 5.43. The predicted octanol–water partition coefficient (Wildman–Crippen LogP) is 0.849. The number of hydrogen-bond donors (Lipinski definition) is 2. The van der Waals surface area contributed by atoms with Crippen LogP contribution in [-0.4, -0.2) is 34.2 Å². The first-order valence-electron chi connectivity index (χ1n) is 4.68. The molecule has 0 aromatic carbocycles. The van der Waals surface area contributed by atoms with Crippen LogP contribution in [0.1, 0.15) is 24.2 Å². The number of primary amides is 1. The molecule has 0 bridgehead atoms. The van der Waals surface area contributed by atoms with Gasteiger partial charge in [0, 0.05) is 13.1 Å². The number of nitrogens with two attached hydrogens (primary N) is 1. The lowest BCUT2D eigenvalue weighted by atomic mass is 10.3. The van der Waals surface area contributed by atoms with Gasteiger partial charge in [-0.2, -0.15) is 5.10 Å². The normalized spacial score (nSPS) is 10.8. The molecule has 1 aromatic rings. The molecule has 0 radical (unpaired) electrons. The van der Waals surface area contributed by atoms with Gasteiger partial charge in [-0.25, -0.2) is 0 Å². The van der Waals surface area contributed by atoms with Crippen molar-refractivity contribution in [2.45, 2.75) is 13.8 Å². The minimum atomic E-state index is -0.572. The Bertz CT molecular complexity index is 354. The molecule has 15 heavy (non-hydrogen) atoms. The second kappa shape index (κ2) is 5.08. The zero-order chi connectivity index (χ0) is 11.3. The number of aromatic nitrogens is 2. The molecule has 3 N–H and O–H groups in total. The fourth-order valence-electron chi connectivity index (χ4n) is 0.994. The van der Waals surface area contributed by atoms with Gasteiger partial charge in [0.2, 0.25) is 0 Å². The van der Waals surface area contributed by atoms with Crippen molar-refractivity contribution in [3.8, 4) is 0 Å². The molecule has 0 fully saturated rings. The minimum Gasteiger partial charge on any atom is -0.365 e. The average molecular weight is 210 g/mol. The minimum absolute atomic E-state index is 0.242. The first-order valence-corrected chi connectivity index (χ1v) is 4.68. The van der Waals surface area contributed by atoms with E-state index in [1.54, 1.807) is 5.01 Å². The lowest BCUT2D eigenvalue weighted by molar-refractivity contribution is 0.100. The van der Waals surface area contributed by atoms with Crippen LogP contribution in [0.3, 0.4) is 0 Å². The third-order valence-corrected chi connectivity index (χ3v) is 1.89. The molecule has 1 heterocycles. The highest BCUT2D eigenvalue weighted by Gasteiger charge is 2.09. The third kappa shape index (κ3) is 2.76. The number of nitrogens with zero attached hydrogens (tertiary/aromatic N) is 4. The van der Waals surface area contributed by atoms with Crippen molar-refractivity contribution in [3.63, 3.8) is 0 Å². The van der Waals surface area contributed by atoms with Crippen molar-refractivity contribution < 1.29 is 4.79 Å². The first kappa shape index (κ1) is 11.2. The summed E-state index contributed by atoms with van der Waals surface area (Å²) in [6.07, 6.45) is 1.33. The molecule has 7 heteroatoms. The van der Waals surface area contributed by atoms with E-state index >= 15 is 0 Å². The zero-order valence-corrected chi connectivity index (χ0v) is 8.77. The quantitative estimate of drug-likeness (QED) is 0.556. The zero-order valence-electron chi connectivity index (χ0n) is 8.77. The van der Waals surface area contributed by atoms with Crippen LogP contribution in [0, 0.1) is 0 Å². The van der Waals surface area contributed by atoms with Crippen molar-refractivity contribution in [1.82, 2.24) is 15.2 Å². The van der Waals surface area contributed by atoms with E-state index in [4.69, 9.17) is 5.73 Å². The number of amides is 1. The van der Waals surface area contributed by atoms with Gasteiger partial charge in [0.1, 0.15) is 5.56 Å². The number of aromatic amines is 1. The fourth-order valence-corrected chi connectivity index (χ4v) is 0.994. The maximum atomic E-state index is 10.9. The summed E-state index contributed by atoms with van der Waals surface area (Å²) in [5.74, 6) is -0.286. The van der Waals surface area contributed by atoms with Gasteiger partial charge in [-0.1, -0.05) is 5.22 Å². The largest absolute Gasteiger partial charge is 0.365 e. The smallest absolute Gasteiger partial charge is 0.254 e. The molecular formula is C8H14N6O. The summed E-state index contributed by atoms with van der Waals surface area (Å²) >= 11 is 0. The Morgan fingerprint density at radius 2 is 2.27 bits per heavy atom. The Hall–Kier alpha value is -1.92. The predicted molar refractivity (Wildman–Crippen MR) is 54.5 cm³/mol. The molecular weight excluding hydrogens is 196 g/mol. The van der Waals surface area contributed by atoms with Gasteiger partial charge >= 0.3 is 0 Å². The standard InChI is InChI=1S/C8H14N6O/c1-3-14(4-2)13-12-8-6(7(9)15)5-10-11-8/h5H,3-4H2,1-2H3,(H2,9,15)(H,10,11). The maximum Gasteiger partial charge on any atom is 0.254 e. The van der Waals surface area contributed by atoms with E-state index in [9.17, 15) is 4.79 Å². The summed E-state index contributed by atoms with van der Waals surface area (Å²) in [4.78, 5) is 10.9. The number of H-pyrrole nitrogens is 1. The summed E-state index contributed by atoms with van der Waals surface area (Å²) in [5, 5.41) is 15.8. The molecule has 1 aromatic heterocycles. The number of hydrogen-bond acceptors (Lipinski definition) is 4. The van der Waals surface area contributed by atoms with Gasteiger partial charge in [-0.15, -0.1) is 5.11 Å². The van der Waals surface area contributed by atoms with Crippen molar-refractivity contribution >= 4 is 11.7 Å². The molecule has 0 saturated carbocycles. The maximum absolute atomic E-state index is 10.9. The van der Waals surface area contributed by atoms with Gasteiger partial charge in [0.15, 0.2) is 5.82 Å². The van der Waals surface area contributed by atoms with Gasteiger partial charge < -0.3 is 5.73 Å². The highest BCUT2D eigenvalue weighted by atomic mass is 16.1. The van der Waals surface area contributed by atoms with E-state index in [2.05, 4.69) is 20.5 Å². The summed E-state index contributed by atoms with van der Waals surface area (Å²) in [6, 6.07) is 0. The van der Waals surface area contributed by atoms with Gasteiger partial charge in [-0.05, 0) is 13.8 Å². The number of rotatable bonds is 5. The van der Waals surface area contributed by atoms with E-state index in [0.717, 1.165) is 13.1 Å². The molecule has 0 saturated heterocycles. The SMILES string of the molecule is CCN(CC)N=Nc1[nH]ncc1C(N)=O. The Morgan fingerprint density at radius 1 is 1.60 bits per heavy atom. The molecule has 0 unspecified atom stereocenters. The van der Waals surface area contributed by atoms with E-state index in [0.29, 0.717) is 0 Å². The molecule has 0 atom stereocenters. The van der Waals surface area contributed by atoms with Crippen LogP contribution >= 0.6 is 0 Å². The van der Waals surface area contributed by atoms with Crippen LogP contribution in [0.2, 0.25) is 0 Å². The summed E-state index contributed by atoms with van der Waals surface area (Å²) in [7, 11) is 0. The van der Waals surface area contributed by atoms with Crippen molar-refractivity contribution in [2.75, 3.05) is 13.1 Å². The molecule has 7 nitrogen and oxygen atoms in total. The number of nitrogens with one attached hydrogen (secondary N) is 1. The van der Waals surface area contributed by atoms with Crippen LogP contribution in [-0.2, 0) is 0 Å². The lowest BCUT2D eigenvalue weighted by Crippen LogP contribution is -2.15. The number of carbonyl (C=O) groups excluding carboxylic acids is 1. The fraction of sp³-hybridized carbons (Fsp3) is 0.500. The second-order valence-corrected chi connectivity index (χ2v) is 2.82. The average Bonchev–Trinajstić information content (AvgIpc) is 2.67. The number of carbonyl (C=O) groups is 1. The molecule has 0 aliphatic heterocycles. The monoisotopic (exact) mass is 210 g/mol. The molecule has 1 rings (SSSR count). The van der Waals surface area contributed by atoms with Crippen LogP contribution in [0.25, 0.3) is 0 Å². The Labute approximate surface area is 87.3 Å². The third-order valence-electron chi connectivity index (χ3n) is 1.89. The van der Waals surface area contributed by atoms with Gasteiger partial charge in [0.05, 0.1) is 6.20 Å². The Kier molecular flexibility index (Phi) is 3.78. The molecule has 0 spiro atoms. The van der Waals surface area contributed by atoms with Crippen LogP contribution in [0.4, 0.5) is 5.82 Å². The van der Waals surface area contributed by atoms with Crippen molar-refractivity contribution in [3.05, 3.63) is 11.8 Å². The molecule has 1 amide bonds.